The number of halogens is 1. The van der Waals surface area contributed by atoms with Gasteiger partial charge in [-0.05, 0) is 24.3 Å². The fourth-order valence-electron chi connectivity index (χ4n) is 1.96. The molecule has 6 nitrogen and oxygen atoms in total. The maximum atomic E-state index is 10.8. The van der Waals surface area contributed by atoms with Crippen LogP contribution in [0, 0.1) is 10.1 Å². The number of nitro benzene ring substituents is 1. The molecule has 0 aliphatic heterocycles. The summed E-state index contributed by atoms with van der Waals surface area (Å²) >= 11 is 5.99. The molecule has 7 heteroatoms. The van der Waals surface area contributed by atoms with Gasteiger partial charge in [0.05, 0.1) is 10.4 Å². The summed E-state index contributed by atoms with van der Waals surface area (Å²) in [4.78, 5) is 18.7. The lowest BCUT2D eigenvalue weighted by Crippen LogP contribution is -1.97. The zero-order chi connectivity index (χ0) is 14.8. The Morgan fingerprint density at radius 1 is 1.14 bits per heavy atom. The topological polar surface area (TPSA) is 81.0 Å². The van der Waals surface area contributed by atoms with E-state index < -0.39 is 4.92 Å². The first-order valence-electron chi connectivity index (χ1n) is 6.05. The Labute approximate surface area is 124 Å². The predicted octanol–water partition coefficient (Wildman–Crippen LogP) is 3.94. The highest BCUT2D eigenvalue weighted by Gasteiger charge is 2.08. The van der Waals surface area contributed by atoms with Gasteiger partial charge in [-0.2, -0.15) is 0 Å². The van der Waals surface area contributed by atoms with Crippen LogP contribution in [-0.2, 0) is 0 Å². The highest BCUT2D eigenvalue weighted by atomic mass is 35.5. The number of anilines is 2. The Morgan fingerprint density at radius 2 is 2.00 bits per heavy atom. The maximum Gasteiger partial charge on any atom is 0.271 e. The molecule has 0 saturated carbocycles. The summed E-state index contributed by atoms with van der Waals surface area (Å²) in [6.45, 7) is 0. The summed E-state index contributed by atoms with van der Waals surface area (Å²) in [5, 5.41) is 15.2. The lowest BCUT2D eigenvalue weighted by atomic mass is 10.2. The number of aromatic nitrogens is 2. The molecular formula is C14H9ClN4O2. The Morgan fingerprint density at radius 3 is 2.81 bits per heavy atom. The van der Waals surface area contributed by atoms with Gasteiger partial charge in [0.1, 0.15) is 12.1 Å². The molecule has 0 spiro atoms. The van der Waals surface area contributed by atoms with E-state index in [-0.39, 0.29) is 5.69 Å². The molecular weight excluding hydrogens is 292 g/mol. The minimum Gasteiger partial charge on any atom is -0.339 e. The molecule has 1 heterocycles. The van der Waals surface area contributed by atoms with E-state index in [4.69, 9.17) is 11.6 Å². The van der Waals surface area contributed by atoms with Crippen molar-refractivity contribution in [3.05, 3.63) is 63.9 Å². The average molecular weight is 301 g/mol. The van der Waals surface area contributed by atoms with Crippen molar-refractivity contribution in [1.29, 1.82) is 0 Å². The summed E-state index contributed by atoms with van der Waals surface area (Å²) in [7, 11) is 0. The number of rotatable bonds is 3. The van der Waals surface area contributed by atoms with Crippen LogP contribution in [0.3, 0.4) is 0 Å². The lowest BCUT2D eigenvalue weighted by Gasteiger charge is -2.08. The standard InChI is InChI=1S/C14H9ClN4O2/c15-9-4-5-13-12(6-9)14(17-8-16-13)18-10-2-1-3-11(7-10)19(20)21/h1-8H,(H,16,17,18). The smallest absolute Gasteiger partial charge is 0.271 e. The molecule has 0 unspecified atom stereocenters. The molecule has 21 heavy (non-hydrogen) atoms. The molecule has 0 atom stereocenters. The van der Waals surface area contributed by atoms with Crippen LogP contribution in [0.1, 0.15) is 0 Å². The third kappa shape index (κ3) is 2.75. The van der Waals surface area contributed by atoms with Crippen LogP contribution in [-0.4, -0.2) is 14.9 Å². The summed E-state index contributed by atoms with van der Waals surface area (Å²) < 4.78 is 0. The lowest BCUT2D eigenvalue weighted by molar-refractivity contribution is -0.384. The van der Waals surface area contributed by atoms with Gasteiger partial charge in [-0.25, -0.2) is 9.97 Å². The molecule has 1 aromatic heterocycles. The van der Waals surface area contributed by atoms with Gasteiger partial charge >= 0.3 is 0 Å². The van der Waals surface area contributed by atoms with Gasteiger partial charge in [-0.3, -0.25) is 10.1 Å². The summed E-state index contributed by atoms with van der Waals surface area (Å²) in [5.41, 5.74) is 1.32. The summed E-state index contributed by atoms with van der Waals surface area (Å²) in [5.74, 6) is 0.544. The van der Waals surface area contributed by atoms with Crippen molar-refractivity contribution >= 4 is 39.7 Å². The number of nitrogens with zero attached hydrogens (tertiary/aromatic N) is 3. The number of hydrogen-bond donors (Lipinski definition) is 1. The van der Waals surface area contributed by atoms with E-state index in [1.54, 1.807) is 30.3 Å². The van der Waals surface area contributed by atoms with E-state index in [2.05, 4.69) is 15.3 Å². The van der Waals surface area contributed by atoms with Gasteiger partial charge in [0.2, 0.25) is 0 Å². The van der Waals surface area contributed by atoms with E-state index >= 15 is 0 Å². The van der Waals surface area contributed by atoms with Gasteiger partial charge in [-0.1, -0.05) is 17.7 Å². The van der Waals surface area contributed by atoms with E-state index in [1.165, 1.54) is 18.5 Å². The van der Waals surface area contributed by atoms with Crippen LogP contribution in [0.4, 0.5) is 17.2 Å². The number of non-ortho nitro benzene ring substituents is 1. The first-order valence-corrected chi connectivity index (χ1v) is 6.43. The molecule has 2 aromatic carbocycles. The molecule has 0 bridgehead atoms. The van der Waals surface area contributed by atoms with E-state index in [1.807, 2.05) is 0 Å². The normalized spacial score (nSPS) is 10.5. The fourth-order valence-corrected chi connectivity index (χ4v) is 2.13. The van der Waals surface area contributed by atoms with Crippen molar-refractivity contribution in [2.75, 3.05) is 5.32 Å². The van der Waals surface area contributed by atoms with Crippen molar-refractivity contribution in [3.8, 4) is 0 Å². The number of nitrogens with one attached hydrogen (secondary N) is 1. The second-order valence-corrected chi connectivity index (χ2v) is 4.75. The summed E-state index contributed by atoms with van der Waals surface area (Å²) in [6.07, 6.45) is 1.43. The van der Waals surface area contributed by atoms with E-state index in [0.717, 1.165) is 10.9 Å². The number of nitro groups is 1. The minimum absolute atomic E-state index is 0.0106. The van der Waals surface area contributed by atoms with Crippen molar-refractivity contribution < 1.29 is 4.92 Å². The van der Waals surface area contributed by atoms with Gasteiger partial charge in [0, 0.05) is 28.2 Å². The Balaban J connectivity index is 2.04. The van der Waals surface area contributed by atoms with Crippen LogP contribution in [0.25, 0.3) is 10.9 Å². The molecule has 0 fully saturated rings. The average Bonchev–Trinajstić information content (AvgIpc) is 2.48. The fraction of sp³-hybridized carbons (Fsp3) is 0. The highest BCUT2D eigenvalue weighted by Crippen LogP contribution is 2.26. The van der Waals surface area contributed by atoms with Crippen molar-refractivity contribution in [2.24, 2.45) is 0 Å². The van der Waals surface area contributed by atoms with Crippen molar-refractivity contribution in [3.63, 3.8) is 0 Å². The van der Waals surface area contributed by atoms with Crippen LogP contribution < -0.4 is 5.32 Å². The quantitative estimate of drug-likeness (QED) is 0.585. The Kier molecular flexibility index (Phi) is 3.37. The summed E-state index contributed by atoms with van der Waals surface area (Å²) in [6, 6.07) is 11.5. The van der Waals surface area contributed by atoms with Crippen LogP contribution >= 0.6 is 11.6 Å². The van der Waals surface area contributed by atoms with Gasteiger partial charge in [0.25, 0.3) is 5.69 Å². The zero-order valence-corrected chi connectivity index (χ0v) is 11.4. The van der Waals surface area contributed by atoms with E-state index in [0.29, 0.717) is 16.5 Å². The SMILES string of the molecule is O=[N+]([O-])c1cccc(Nc2ncnc3ccc(Cl)cc23)c1. The van der Waals surface area contributed by atoms with Crippen molar-refractivity contribution in [1.82, 2.24) is 9.97 Å². The van der Waals surface area contributed by atoms with Crippen LogP contribution in [0.5, 0.6) is 0 Å². The third-order valence-electron chi connectivity index (χ3n) is 2.92. The zero-order valence-electron chi connectivity index (χ0n) is 10.7. The van der Waals surface area contributed by atoms with Gasteiger partial charge in [0.15, 0.2) is 0 Å². The maximum absolute atomic E-state index is 10.8. The van der Waals surface area contributed by atoms with Crippen molar-refractivity contribution in [2.45, 2.75) is 0 Å². The molecule has 3 rings (SSSR count). The second-order valence-electron chi connectivity index (χ2n) is 4.32. The number of benzene rings is 2. The molecule has 0 aliphatic rings. The molecule has 3 aromatic rings. The molecule has 0 radical (unpaired) electrons. The monoisotopic (exact) mass is 300 g/mol. The third-order valence-corrected chi connectivity index (χ3v) is 3.15. The second kappa shape index (κ2) is 5.34. The highest BCUT2D eigenvalue weighted by molar-refractivity contribution is 6.31. The van der Waals surface area contributed by atoms with Crippen LogP contribution in [0.15, 0.2) is 48.8 Å². The molecule has 104 valence electrons. The number of hydrogen-bond acceptors (Lipinski definition) is 5. The van der Waals surface area contributed by atoms with Crippen LogP contribution in [0.2, 0.25) is 5.02 Å². The Hall–Kier alpha value is -2.73. The molecule has 0 amide bonds. The molecule has 1 N–H and O–H groups in total. The Bertz CT molecular complexity index is 838. The van der Waals surface area contributed by atoms with Gasteiger partial charge in [-0.15, -0.1) is 0 Å². The first-order chi connectivity index (χ1) is 10.1. The predicted molar refractivity (Wildman–Crippen MR) is 80.9 cm³/mol. The minimum atomic E-state index is -0.444. The van der Waals surface area contributed by atoms with Gasteiger partial charge < -0.3 is 5.32 Å². The molecule has 0 aliphatic carbocycles. The van der Waals surface area contributed by atoms with E-state index in [9.17, 15) is 10.1 Å². The number of fused-ring (bicyclic) bond motifs is 1. The first kappa shape index (κ1) is 13.3. The molecule has 0 saturated heterocycles. The largest absolute Gasteiger partial charge is 0.339 e.